The van der Waals surface area contributed by atoms with Crippen molar-refractivity contribution >= 4 is 21.7 Å². The number of hydrogen-bond donors (Lipinski definition) is 0. The molecular formula is C13H14BrN3O. The Hall–Kier alpha value is -1.49. The molecule has 5 heteroatoms. The van der Waals surface area contributed by atoms with Crippen molar-refractivity contribution in [2.24, 2.45) is 0 Å². The number of pyridine rings is 1. The van der Waals surface area contributed by atoms with E-state index in [4.69, 9.17) is 0 Å². The van der Waals surface area contributed by atoms with E-state index in [0.717, 1.165) is 23.3 Å². The SMILES string of the molecule is CCCn1ccnc1CC(=O)c1ccc(Br)cn1. The summed E-state index contributed by atoms with van der Waals surface area (Å²) >= 11 is 3.30. The topological polar surface area (TPSA) is 47.8 Å². The minimum atomic E-state index is -0.00828. The summed E-state index contributed by atoms with van der Waals surface area (Å²) in [6.45, 7) is 2.98. The van der Waals surface area contributed by atoms with Crippen LogP contribution in [0, 0.1) is 0 Å². The number of Topliss-reactive ketones (excluding diaryl/α,β-unsaturated/α-hetero) is 1. The number of imidazole rings is 1. The molecule has 0 fully saturated rings. The Morgan fingerprint density at radius 2 is 2.22 bits per heavy atom. The van der Waals surface area contributed by atoms with Gasteiger partial charge >= 0.3 is 0 Å². The Balaban J connectivity index is 2.11. The smallest absolute Gasteiger partial charge is 0.188 e. The lowest BCUT2D eigenvalue weighted by atomic mass is 10.2. The van der Waals surface area contributed by atoms with Crippen LogP contribution in [0.15, 0.2) is 35.2 Å². The second kappa shape index (κ2) is 5.91. The van der Waals surface area contributed by atoms with Gasteiger partial charge in [-0.1, -0.05) is 6.92 Å². The molecule has 4 nitrogen and oxygen atoms in total. The molecule has 0 aliphatic carbocycles. The minimum absolute atomic E-state index is 0.00828. The van der Waals surface area contributed by atoms with Crippen molar-refractivity contribution in [2.75, 3.05) is 0 Å². The Kier molecular flexibility index (Phi) is 4.25. The van der Waals surface area contributed by atoms with Gasteiger partial charge in [-0.3, -0.25) is 9.78 Å². The van der Waals surface area contributed by atoms with Crippen LogP contribution in [0.1, 0.15) is 29.7 Å². The number of rotatable bonds is 5. The molecule has 94 valence electrons. The third-order valence-corrected chi connectivity index (χ3v) is 3.07. The molecule has 0 radical (unpaired) electrons. The molecule has 0 aliphatic heterocycles. The van der Waals surface area contributed by atoms with Gasteiger partial charge in [0.2, 0.25) is 0 Å². The zero-order valence-corrected chi connectivity index (χ0v) is 11.7. The summed E-state index contributed by atoms with van der Waals surface area (Å²) in [6, 6.07) is 3.54. The van der Waals surface area contributed by atoms with Crippen LogP contribution in [0.5, 0.6) is 0 Å². The van der Waals surface area contributed by atoms with Gasteiger partial charge < -0.3 is 4.57 Å². The summed E-state index contributed by atoms with van der Waals surface area (Å²) in [5.74, 6) is 0.789. The van der Waals surface area contributed by atoms with Crippen LogP contribution >= 0.6 is 15.9 Å². The summed E-state index contributed by atoms with van der Waals surface area (Å²) in [5.41, 5.74) is 0.476. The second-order valence-corrected chi connectivity index (χ2v) is 4.91. The fraction of sp³-hybridized carbons (Fsp3) is 0.308. The van der Waals surface area contributed by atoms with E-state index in [2.05, 4.69) is 32.8 Å². The lowest BCUT2D eigenvalue weighted by Gasteiger charge is -2.05. The van der Waals surface area contributed by atoms with Gasteiger partial charge in [-0.25, -0.2) is 4.98 Å². The highest BCUT2D eigenvalue weighted by Gasteiger charge is 2.12. The van der Waals surface area contributed by atoms with Crippen molar-refractivity contribution < 1.29 is 4.79 Å². The quantitative estimate of drug-likeness (QED) is 0.798. The van der Waals surface area contributed by atoms with Gasteiger partial charge in [0.05, 0.1) is 6.42 Å². The van der Waals surface area contributed by atoms with Gasteiger partial charge in [0, 0.05) is 29.6 Å². The van der Waals surface area contributed by atoms with Crippen molar-refractivity contribution in [2.45, 2.75) is 26.3 Å². The maximum absolute atomic E-state index is 12.0. The highest BCUT2D eigenvalue weighted by Crippen LogP contribution is 2.10. The minimum Gasteiger partial charge on any atom is -0.335 e. The molecule has 2 heterocycles. The van der Waals surface area contributed by atoms with E-state index in [1.807, 2.05) is 16.8 Å². The van der Waals surface area contributed by atoms with Gasteiger partial charge in [-0.05, 0) is 34.5 Å². The Labute approximate surface area is 114 Å². The van der Waals surface area contributed by atoms with Gasteiger partial charge in [0.1, 0.15) is 11.5 Å². The molecule has 0 saturated carbocycles. The Bertz CT molecular complexity index is 533. The van der Waals surface area contributed by atoms with Crippen molar-refractivity contribution in [1.82, 2.24) is 14.5 Å². The number of nitrogens with zero attached hydrogens (tertiary/aromatic N) is 3. The Morgan fingerprint density at radius 1 is 1.39 bits per heavy atom. The predicted octanol–water partition coefficient (Wildman–Crippen LogP) is 2.88. The number of halogens is 1. The molecule has 0 amide bonds. The average molecular weight is 308 g/mol. The largest absolute Gasteiger partial charge is 0.335 e. The van der Waals surface area contributed by atoms with Crippen LogP contribution in [-0.2, 0) is 13.0 Å². The zero-order chi connectivity index (χ0) is 13.0. The summed E-state index contributed by atoms with van der Waals surface area (Å²) in [6.07, 6.45) is 6.58. The van der Waals surface area contributed by atoms with Crippen molar-refractivity contribution in [3.05, 3.63) is 46.7 Å². The number of hydrogen-bond acceptors (Lipinski definition) is 3. The predicted molar refractivity (Wildman–Crippen MR) is 72.5 cm³/mol. The van der Waals surface area contributed by atoms with Crippen LogP contribution in [0.25, 0.3) is 0 Å². The molecule has 0 unspecified atom stereocenters. The van der Waals surface area contributed by atoms with E-state index >= 15 is 0 Å². The lowest BCUT2D eigenvalue weighted by Crippen LogP contribution is -2.11. The fourth-order valence-electron chi connectivity index (χ4n) is 1.73. The molecule has 2 aromatic rings. The van der Waals surface area contributed by atoms with E-state index in [1.54, 1.807) is 18.5 Å². The number of aryl methyl sites for hydroxylation is 1. The molecule has 0 aromatic carbocycles. The van der Waals surface area contributed by atoms with E-state index in [0.29, 0.717) is 12.1 Å². The summed E-state index contributed by atoms with van der Waals surface area (Å²) in [7, 11) is 0. The van der Waals surface area contributed by atoms with Gasteiger partial charge in [-0.2, -0.15) is 0 Å². The maximum atomic E-state index is 12.0. The Morgan fingerprint density at radius 3 is 2.89 bits per heavy atom. The van der Waals surface area contributed by atoms with Crippen molar-refractivity contribution in [3.8, 4) is 0 Å². The molecule has 2 aromatic heterocycles. The zero-order valence-electron chi connectivity index (χ0n) is 10.1. The van der Waals surface area contributed by atoms with Gasteiger partial charge in [-0.15, -0.1) is 0 Å². The van der Waals surface area contributed by atoms with Crippen LogP contribution in [0.3, 0.4) is 0 Å². The van der Waals surface area contributed by atoms with Gasteiger partial charge in [0.25, 0.3) is 0 Å². The number of carbonyl (C=O) groups excluding carboxylic acids is 1. The number of aromatic nitrogens is 3. The number of carbonyl (C=O) groups is 1. The van der Waals surface area contributed by atoms with Crippen LogP contribution in [0.2, 0.25) is 0 Å². The van der Waals surface area contributed by atoms with E-state index in [1.165, 1.54) is 0 Å². The first-order chi connectivity index (χ1) is 8.70. The third kappa shape index (κ3) is 3.04. The summed E-state index contributed by atoms with van der Waals surface area (Å²) in [5, 5.41) is 0. The molecule has 18 heavy (non-hydrogen) atoms. The first kappa shape index (κ1) is 13.0. The summed E-state index contributed by atoms with van der Waals surface area (Å²) in [4.78, 5) is 20.4. The first-order valence-corrected chi connectivity index (χ1v) is 6.64. The van der Waals surface area contributed by atoms with Gasteiger partial charge in [0.15, 0.2) is 5.78 Å². The lowest BCUT2D eigenvalue weighted by molar-refractivity contribution is 0.0985. The monoisotopic (exact) mass is 307 g/mol. The highest BCUT2D eigenvalue weighted by molar-refractivity contribution is 9.10. The van der Waals surface area contributed by atoms with Crippen LogP contribution in [-0.4, -0.2) is 20.3 Å². The normalized spacial score (nSPS) is 10.6. The van der Waals surface area contributed by atoms with Crippen LogP contribution < -0.4 is 0 Å². The van der Waals surface area contributed by atoms with Crippen molar-refractivity contribution in [1.29, 1.82) is 0 Å². The molecular weight excluding hydrogens is 294 g/mol. The first-order valence-electron chi connectivity index (χ1n) is 5.85. The van der Waals surface area contributed by atoms with Crippen LogP contribution in [0.4, 0.5) is 0 Å². The average Bonchev–Trinajstić information content (AvgIpc) is 2.78. The molecule has 0 spiro atoms. The molecule has 0 bridgehead atoms. The standard InChI is InChI=1S/C13H14BrN3O/c1-2-6-17-7-5-15-13(17)8-12(18)11-4-3-10(14)9-16-11/h3-5,7,9H,2,6,8H2,1H3. The molecule has 0 atom stereocenters. The highest BCUT2D eigenvalue weighted by atomic mass is 79.9. The van der Waals surface area contributed by atoms with E-state index < -0.39 is 0 Å². The number of ketones is 1. The third-order valence-electron chi connectivity index (χ3n) is 2.60. The molecule has 0 aliphatic rings. The molecule has 0 N–H and O–H groups in total. The van der Waals surface area contributed by atoms with Crippen molar-refractivity contribution in [3.63, 3.8) is 0 Å². The molecule has 2 rings (SSSR count). The summed E-state index contributed by atoms with van der Waals surface area (Å²) < 4.78 is 2.88. The molecule has 0 saturated heterocycles. The van der Waals surface area contributed by atoms with E-state index in [9.17, 15) is 4.79 Å². The maximum Gasteiger partial charge on any atom is 0.188 e. The second-order valence-electron chi connectivity index (χ2n) is 4.00. The van der Waals surface area contributed by atoms with E-state index in [-0.39, 0.29) is 5.78 Å². The fourth-order valence-corrected chi connectivity index (χ4v) is 1.96.